The van der Waals surface area contributed by atoms with Gasteiger partial charge >= 0.3 is 13.6 Å². The van der Waals surface area contributed by atoms with E-state index in [4.69, 9.17) is 26.5 Å². The number of carboxylic acids is 1. The van der Waals surface area contributed by atoms with Gasteiger partial charge in [-0.2, -0.15) is 0 Å². The van der Waals surface area contributed by atoms with Crippen molar-refractivity contribution in [1.82, 2.24) is 5.32 Å². The van der Waals surface area contributed by atoms with Crippen LogP contribution in [0.5, 0.6) is 0 Å². The highest BCUT2D eigenvalue weighted by Crippen LogP contribution is 2.35. The van der Waals surface area contributed by atoms with Crippen LogP contribution in [0.4, 0.5) is 0 Å². The average Bonchev–Trinajstić information content (AvgIpc) is 2.36. The van der Waals surface area contributed by atoms with Crippen LogP contribution in [-0.4, -0.2) is 45.4 Å². The Hall–Kier alpha value is -1.24. The number of hydrogen-bond acceptors (Lipinski definition) is 4. The highest BCUT2D eigenvalue weighted by Gasteiger charge is 2.27. The summed E-state index contributed by atoms with van der Waals surface area (Å²) >= 11 is 5.70. The average molecular weight is 336 g/mol. The molecule has 0 amide bonds. The topological polar surface area (TPSA) is 124 Å². The van der Waals surface area contributed by atoms with Crippen molar-refractivity contribution in [3.63, 3.8) is 0 Å². The van der Waals surface area contributed by atoms with Crippen molar-refractivity contribution in [3.05, 3.63) is 34.9 Å². The molecule has 0 heterocycles. The summed E-state index contributed by atoms with van der Waals surface area (Å²) in [5.74, 6) is -1.60. The van der Waals surface area contributed by atoms with E-state index in [1.165, 1.54) is 24.3 Å². The van der Waals surface area contributed by atoms with Gasteiger partial charge in [-0.15, -0.1) is 0 Å². The van der Waals surface area contributed by atoms with E-state index in [9.17, 15) is 14.2 Å². The Morgan fingerprint density at radius 1 is 1.24 bits per heavy atom. The van der Waals surface area contributed by atoms with Crippen LogP contribution in [0.3, 0.4) is 0 Å². The third-order valence-electron chi connectivity index (χ3n) is 2.60. The van der Waals surface area contributed by atoms with Crippen LogP contribution >= 0.6 is 19.2 Å². The number of carbonyl (C=O) groups is 2. The van der Waals surface area contributed by atoms with E-state index >= 15 is 0 Å². The smallest absolute Gasteiger partial charge is 0.327 e. The normalized spacial score (nSPS) is 12.9. The maximum absolute atomic E-state index is 12.2. The summed E-state index contributed by atoms with van der Waals surface area (Å²) in [5, 5.41) is 11.5. The molecule has 1 aromatic carbocycles. The Balaban J connectivity index is 2.83. The van der Waals surface area contributed by atoms with Gasteiger partial charge in [0, 0.05) is 17.1 Å². The van der Waals surface area contributed by atoms with Crippen LogP contribution in [0.25, 0.3) is 0 Å². The number of Topliss-reactive ketones (excluding diaryl/α,β-unsaturated/α-hetero) is 1. The molecule has 0 radical (unpaired) electrons. The molecule has 0 spiro atoms. The fourth-order valence-electron chi connectivity index (χ4n) is 1.65. The fraction of sp³-hybridized carbons (Fsp3) is 0.333. The summed E-state index contributed by atoms with van der Waals surface area (Å²) < 4.78 is 11.1. The molecule has 4 N–H and O–H groups in total. The van der Waals surface area contributed by atoms with Crippen molar-refractivity contribution in [2.75, 3.05) is 12.7 Å². The van der Waals surface area contributed by atoms with E-state index in [2.05, 4.69) is 5.32 Å². The SMILES string of the molecule is O=C(O)CCNC(CP(=O)(O)O)C(=O)c1ccc(Cl)cc1. The Morgan fingerprint density at radius 2 is 1.81 bits per heavy atom. The summed E-state index contributed by atoms with van der Waals surface area (Å²) in [6.45, 7) is -0.0701. The molecule has 0 aliphatic heterocycles. The van der Waals surface area contributed by atoms with Gasteiger partial charge in [-0.1, -0.05) is 11.6 Å². The zero-order valence-electron chi connectivity index (χ0n) is 10.9. The van der Waals surface area contributed by atoms with E-state index in [1.807, 2.05) is 0 Å². The first-order valence-corrected chi connectivity index (χ1v) is 8.16. The van der Waals surface area contributed by atoms with Gasteiger partial charge in [0.2, 0.25) is 0 Å². The van der Waals surface area contributed by atoms with Crippen molar-refractivity contribution >= 4 is 30.9 Å². The molecule has 0 aliphatic rings. The summed E-state index contributed by atoms with van der Waals surface area (Å²) in [4.78, 5) is 40.7. The van der Waals surface area contributed by atoms with E-state index in [-0.39, 0.29) is 18.5 Å². The summed E-state index contributed by atoms with van der Waals surface area (Å²) in [5.41, 5.74) is 0.237. The molecule has 0 saturated heterocycles. The second-order valence-corrected chi connectivity index (χ2v) is 6.50. The Morgan fingerprint density at radius 3 is 2.29 bits per heavy atom. The van der Waals surface area contributed by atoms with Gasteiger partial charge in [0.25, 0.3) is 0 Å². The Kier molecular flexibility index (Phi) is 6.51. The third-order valence-corrected chi connectivity index (χ3v) is 3.69. The molecule has 1 atom stereocenters. The van der Waals surface area contributed by atoms with Crippen LogP contribution in [0.15, 0.2) is 24.3 Å². The zero-order valence-corrected chi connectivity index (χ0v) is 12.5. The lowest BCUT2D eigenvalue weighted by Crippen LogP contribution is -2.40. The number of hydrogen-bond donors (Lipinski definition) is 4. The molecule has 0 aliphatic carbocycles. The largest absolute Gasteiger partial charge is 0.481 e. The minimum atomic E-state index is -4.43. The number of aliphatic carboxylic acids is 1. The van der Waals surface area contributed by atoms with Gasteiger partial charge in [0.15, 0.2) is 5.78 Å². The van der Waals surface area contributed by atoms with Gasteiger partial charge < -0.3 is 20.2 Å². The van der Waals surface area contributed by atoms with Crippen LogP contribution in [0, 0.1) is 0 Å². The molecular weight excluding hydrogens is 321 g/mol. The molecular formula is C12H15ClNO6P. The minimum Gasteiger partial charge on any atom is -0.481 e. The van der Waals surface area contributed by atoms with Gasteiger partial charge in [-0.05, 0) is 24.3 Å². The molecule has 7 nitrogen and oxygen atoms in total. The van der Waals surface area contributed by atoms with E-state index in [0.717, 1.165) is 0 Å². The first-order chi connectivity index (χ1) is 9.69. The molecule has 116 valence electrons. The van der Waals surface area contributed by atoms with Crippen LogP contribution in [0.1, 0.15) is 16.8 Å². The number of ketones is 1. The first kappa shape index (κ1) is 17.8. The van der Waals surface area contributed by atoms with Crippen molar-refractivity contribution in [3.8, 4) is 0 Å². The monoisotopic (exact) mass is 335 g/mol. The first-order valence-electron chi connectivity index (χ1n) is 5.98. The number of benzene rings is 1. The lowest BCUT2D eigenvalue weighted by atomic mass is 10.1. The predicted octanol–water partition coefficient (Wildman–Crippen LogP) is 1.13. The maximum atomic E-state index is 12.2. The molecule has 1 unspecified atom stereocenters. The zero-order chi connectivity index (χ0) is 16.0. The van der Waals surface area contributed by atoms with Gasteiger partial charge in [0.1, 0.15) is 0 Å². The summed E-state index contributed by atoms with van der Waals surface area (Å²) in [6, 6.07) is 4.69. The van der Waals surface area contributed by atoms with Crippen LogP contribution in [0.2, 0.25) is 5.02 Å². The number of nitrogens with one attached hydrogen (secondary N) is 1. The Bertz CT molecular complexity index is 555. The van der Waals surface area contributed by atoms with Gasteiger partial charge in [0.05, 0.1) is 18.6 Å². The molecule has 9 heteroatoms. The predicted molar refractivity (Wildman–Crippen MR) is 76.7 cm³/mol. The van der Waals surface area contributed by atoms with Gasteiger partial charge in [-0.3, -0.25) is 14.2 Å². The highest BCUT2D eigenvalue weighted by molar-refractivity contribution is 7.51. The molecule has 0 saturated carbocycles. The summed E-state index contributed by atoms with van der Waals surface area (Å²) in [7, 11) is -4.43. The molecule has 1 aromatic rings. The minimum absolute atomic E-state index is 0.0701. The number of rotatable bonds is 8. The second kappa shape index (κ2) is 7.68. The standard InChI is InChI=1S/C12H15ClNO6P/c13-9-3-1-8(2-4-9)12(17)10(7-21(18,19)20)14-6-5-11(15)16/h1-4,10,14H,5-7H2,(H,15,16)(H2,18,19,20). The van der Waals surface area contributed by atoms with Crippen LogP contribution < -0.4 is 5.32 Å². The molecule has 0 aromatic heterocycles. The van der Waals surface area contributed by atoms with E-state index in [0.29, 0.717) is 5.02 Å². The van der Waals surface area contributed by atoms with Crippen molar-refractivity contribution in [2.24, 2.45) is 0 Å². The Labute approximate surface area is 126 Å². The second-order valence-electron chi connectivity index (χ2n) is 4.37. The highest BCUT2D eigenvalue weighted by atomic mass is 35.5. The van der Waals surface area contributed by atoms with Crippen molar-refractivity contribution in [2.45, 2.75) is 12.5 Å². The van der Waals surface area contributed by atoms with E-state index < -0.39 is 31.6 Å². The molecule has 21 heavy (non-hydrogen) atoms. The van der Waals surface area contributed by atoms with E-state index in [1.54, 1.807) is 0 Å². The quantitative estimate of drug-likeness (QED) is 0.414. The van der Waals surface area contributed by atoms with Gasteiger partial charge in [-0.25, -0.2) is 0 Å². The number of carboxylic acid groups (broad SMARTS) is 1. The number of carbonyl (C=O) groups excluding carboxylic acids is 1. The fourth-order valence-corrected chi connectivity index (χ4v) is 2.54. The molecule has 1 rings (SSSR count). The lowest BCUT2D eigenvalue weighted by molar-refractivity contribution is -0.136. The van der Waals surface area contributed by atoms with Crippen molar-refractivity contribution in [1.29, 1.82) is 0 Å². The van der Waals surface area contributed by atoms with Crippen LogP contribution in [-0.2, 0) is 9.36 Å². The molecule has 0 bridgehead atoms. The molecule has 0 fully saturated rings. The number of halogens is 1. The maximum Gasteiger partial charge on any atom is 0.327 e. The summed E-state index contributed by atoms with van der Waals surface area (Å²) in [6.07, 6.45) is -0.959. The lowest BCUT2D eigenvalue weighted by Gasteiger charge is -2.18. The van der Waals surface area contributed by atoms with Crippen molar-refractivity contribution < 1.29 is 29.0 Å². The third kappa shape index (κ3) is 6.84.